The third-order valence-electron chi connectivity index (χ3n) is 5.28. The van der Waals surface area contributed by atoms with E-state index in [1.54, 1.807) is 6.20 Å². The number of hydrogen-bond donors (Lipinski definition) is 3. The van der Waals surface area contributed by atoms with E-state index in [9.17, 15) is 4.79 Å². The van der Waals surface area contributed by atoms with Gasteiger partial charge in [0.1, 0.15) is 11.5 Å². The number of carbonyl (C=O) groups excluding carboxylic acids is 1. The number of aliphatic hydroxyl groups excluding tert-OH is 1. The fourth-order valence-corrected chi connectivity index (χ4v) is 3.82. The molecule has 3 aromatic rings. The number of fused-ring (bicyclic) bond motifs is 1. The van der Waals surface area contributed by atoms with E-state index in [4.69, 9.17) is 10.1 Å². The molecule has 1 aliphatic heterocycles. The summed E-state index contributed by atoms with van der Waals surface area (Å²) in [6.07, 6.45) is 3.82. The summed E-state index contributed by atoms with van der Waals surface area (Å²) in [5.41, 5.74) is 4.66. The van der Waals surface area contributed by atoms with Crippen molar-refractivity contribution in [2.24, 2.45) is 0 Å². The zero-order valence-corrected chi connectivity index (χ0v) is 16.0. The molecule has 1 aliphatic rings. The Labute approximate surface area is 163 Å². The number of H-pyrrole nitrogens is 1. The summed E-state index contributed by atoms with van der Waals surface area (Å²) in [6, 6.07) is 9.96. The van der Waals surface area contributed by atoms with Crippen LogP contribution in [0.3, 0.4) is 0 Å². The molecule has 0 bridgehead atoms. The number of amides is 1. The molecule has 4 rings (SSSR count). The van der Waals surface area contributed by atoms with Gasteiger partial charge in [-0.25, -0.2) is 4.98 Å². The number of pyridine rings is 1. The van der Waals surface area contributed by atoms with E-state index in [2.05, 4.69) is 39.2 Å². The van der Waals surface area contributed by atoms with Gasteiger partial charge in [0.15, 0.2) is 0 Å². The summed E-state index contributed by atoms with van der Waals surface area (Å²) < 4.78 is 0. The molecule has 7 heteroatoms. The first-order valence-electron chi connectivity index (χ1n) is 9.71. The summed E-state index contributed by atoms with van der Waals surface area (Å²) in [5, 5.41) is 11.5. The second-order valence-corrected chi connectivity index (χ2v) is 7.26. The molecule has 0 saturated carbocycles. The molecular formula is C21H25N5O2. The third-order valence-corrected chi connectivity index (χ3v) is 5.28. The number of carbonyl (C=O) groups is 1. The minimum absolute atomic E-state index is 0.0871. The van der Waals surface area contributed by atoms with Gasteiger partial charge in [0, 0.05) is 37.4 Å². The minimum Gasteiger partial charge on any atom is -0.395 e. The lowest BCUT2D eigenvalue weighted by Crippen LogP contribution is -2.35. The molecule has 1 amide bonds. The fraction of sp³-hybridized carbons (Fsp3) is 0.381. The van der Waals surface area contributed by atoms with E-state index in [0.29, 0.717) is 11.6 Å². The van der Waals surface area contributed by atoms with Crippen molar-refractivity contribution in [1.29, 1.82) is 0 Å². The average Bonchev–Trinajstić information content (AvgIpc) is 3.18. The zero-order chi connectivity index (χ0) is 19.5. The molecule has 3 N–H and O–H groups in total. The van der Waals surface area contributed by atoms with Gasteiger partial charge in [-0.3, -0.25) is 9.78 Å². The Bertz CT molecular complexity index is 984. The van der Waals surface area contributed by atoms with Gasteiger partial charge in [0.05, 0.1) is 17.6 Å². The Hall–Kier alpha value is -2.93. The minimum atomic E-state index is -0.266. The monoisotopic (exact) mass is 379 g/mol. The number of nitrogens with one attached hydrogen (secondary N) is 2. The Kier molecular flexibility index (Phi) is 5.25. The highest BCUT2D eigenvalue weighted by Gasteiger charge is 2.25. The van der Waals surface area contributed by atoms with Crippen molar-refractivity contribution in [1.82, 2.24) is 20.3 Å². The predicted molar refractivity (Wildman–Crippen MR) is 109 cm³/mol. The van der Waals surface area contributed by atoms with E-state index in [-0.39, 0.29) is 19.1 Å². The normalized spacial score (nSPS) is 17.1. The molecule has 0 radical (unpaired) electrons. The molecule has 7 nitrogen and oxygen atoms in total. The highest BCUT2D eigenvalue weighted by atomic mass is 16.3. The highest BCUT2D eigenvalue weighted by Crippen LogP contribution is 2.30. The van der Waals surface area contributed by atoms with Gasteiger partial charge in [-0.1, -0.05) is 12.1 Å². The van der Waals surface area contributed by atoms with Crippen LogP contribution in [0, 0.1) is 6.92 Å². The smallest absolute Gasteiger partial charge is 0.270 e. The van der Waals surface area contributed by atoms with Crippen LogP contribution < -0.4 is 10.2 Å². The predicted octanol–water partition coefficient (Wildman–Crippen LogP) is 2.37. The van der Waals surface area contributed by atoms with E-state index in [0.717, 1.165) is 48.5 Å². The van der Waals surface area contributed by atoms with E-state index in [1.165, 1.54) is 5.56 Å². The highest BCUT2D eigenvalue weighted by molar-refractivity contribution is 5.93. The summed E-state index contributed by atoms with van der Waals surface area (Å²) in [7, 11) is 0. The average molecular weight is 379 g/mol. The standard InChI is InChI=1S/C21H25N5O2/c1-14-4-2-6-17-19(14)25-20(24-17)15-5-3-10-26(13-15)16-7-8-22-18(12-16)21(28)23-9-11-27/h2,4,6-8,12,15,27H,3,5,9-11,13H2,1H3,(H,23,28)(H,24,25). The van der Waals surface area contributed by atoms with Crippen molar-refractivity contribution in [3.8, 4) is 0 Å². The maximum Gasteiger partial charge on any atom is 0.270 e. The Morgan fingerprint density at radius 2 is 2.29 bits per heavy atom. The lowest BCUT2D eigenvalue weighted by atomic mass is 9.97. The lowest BCUT2D eigenvalue weighted by molar-refractivity contribution is 0.0940. The first-order valence-corrected chi connectivity index (χ1v) is 9.71. The van der Waals surface area contributed by atoms with E-state index < -0.39 is 0 Å². The van der Waals surface area contributed by atoms with E-state index >= 15 is 0 Å². The largest absolute Gasteiger partial charge is 0.395 e. The number of imidazole rings is 1. The van der Waals surface area contributed by atoms with Crippen molar-refractivity contribution in [3.63, 3.8) is 0 Å². The summed E-state index contributed by atoms with van der Waals surface area (Å²) in [5.74, 6) is 1.08. The first kappa shape index (κ1) is 18.4. The number of piperidine rings is 1. The number of aromatic nitrogens is 3. The van der Waals surface area contributed by atoms with E-state index in [1.807, 2.05) is 18.2 Å². The lowest BCUT2D eigenvalue weighted by Gasteiger charge is -2.33. The fourth-order valence-electron chi connectivity index (χ4n) is 3.82. The van der Waals surface area contributed by atoms with Crippen LogP contribution >= 0.6 is 0 Å². The molecule has 0 spiro atoms. The number of aryl methyl sites for hydroxylation is 1. The number of aliphatic hydroxyl groups is 1. The second kappa shape index (κ2) is 7.98. The van der Waals surface area contributed by atoms with Crippen molar-refractivity contribution in [3.05, 3.63) is 53.6 Å². The Morgan fingerprint density at radius 1 is 1.39 bits per heavy atom. The third kappa shape index (κ3) is 3.71. The van der Waals surface area contributed by atoms with Crippen LogP contribution in [-0.4, -0.2) is 52.2 Å². The van der Waals surface area contributed by atoms with Crippen molar-refractivity contribution >= 4 is 22.6 Å². The molecule has 1 saturated heterocycles. The maximum atomic E-state index is 12.1. The molecule has 146 valence electrons. The number of para-hydroxylation sites is 1. The molecule has 28 heavy (non-hydrogen) atoms. The zero-order valence-electron chi connectivity index (χ0n) is 16.0. The van der Waals surface area contributed by atoms with Gasteiger partial charge in [-0.2, -0.15) is 0 Å². The summed E-state index contributed by atoms with van der Waals surface area (Å²) in [4.78, 5) is 26.9. The van der Waals surface area contributed by atoms with Gasteiger partial charge >= 0.3 is 0 Å². The van der Waals surface area contributed by atoms with Crippen LogP contribution in [0.1, 0.15) is 40.6 Å². The van der Waals surface area contributed by atoms with Gasteiger partial charge in [-0.05, 0) is 43.5 Å². The number of rotatable bonds is 5. The molecule has 1 unspecified atom stereocenters. The molecular weight excluding hydrogens is 354 g/mol. The topological polar surface area (TPSA) is 94.1 Å². The summed E-state index contributed by atoms with van der Waals surface area (Å²) in [6.45, 7) is 4.01. The molecule has 2 aromatic heterocycles. The number of nitrogens with zero attached hydrogens (tertiary/aromatic N) is 3. The maximum absolute atomic E-state index is 12.1. The van der Waals surface area contributed by atoms with Gasteiger partial charge in [0.25, 0.3) is 5.91 Å². The number of aromatic amines is 1. The van der Waals surface area contributed by atoms with Gasteiger partial charge in [0.2, 0.25) is 0 Å². The molecule has 1 atom stereocenters. The van der Waals surface area contributed by atoms with Crippen molar-refractivity contribution < 1.29 is 9.90 Å². The molecule has 1 fully saturated rings. The van der Waals surface area contributed by atoms with Crippen LogP contribution in [-0.2, 0) is 0 Å². The van der Waals surface area contributed by atoms with Gasteiger partial charge in [-0.15, -0.1) is 0 Å². The first-order chi connectivity index (χ1) is 13.7. The quantitative estimate of drug-likeness (QED) is 0.633. The van der Waals surface area contributed by atoms with Crippen LogP contribution in [0.5, 0.6) is 0 Å². The number of anilines is 1. The summed E-state index contributed by atoms with van der Waals surface area (Å²) >= 11 is 0. The Morgan fingerprint density at radius 3 is 3.11 bits per heavy atom. The number of benzene rings is 1. The molecule has 3 heterocycles. The number of hydrogen-bond acceptors (Lipinski definition) is 5. The molecule has 0 aliphatic carbocycles. The van der Waals surface area contributed by atoms with Crippen LogP contribution in [0.2, 0.25) is 0 Å². The van der Waals surface area contributed by atoms with Crippen molar-refractivity contribution in [2.45, 2.75) is 25.7 Å². The SMILES string of the molecule is Cc1cccc2[nH]c(C3CCCN(c4ccnc(C(=O)NCCO)c4)C3)nc12. The van der Waals surface area contributed by atoms with Crippen molar-refractivity contribution in [2.75, 3.05) is 31.1 Å². The van der Waals surface area contributed by atoms with Crippen LogP contribution in [0.25, 0.3) is 11.0 Å². The second-order valence-electron chi connectivity index (χ2n) is 7.26. The van der Waals surface area contributed by atoms with Crippen LogP contribution in [0.4, 0.5) is 5.69 Å². The van der Waals surface area contributed by atoms with Gasteiger partial charge < -0.3 is 20.3 Å². The molecule has 1 aromatic carbocycles. The van der Waals surface area contributed by atoms with Crippen LogP contribution in [0.15, 0.2) is 36.5 Å². The Balaban J connectivity index is 1.53.